The Morgan fingerprint density at radius 1 is 0.935 bits per heavy atom. The quantitative estimate of drug-likeness (QED) is 0.410. The molecule has 0 atom stereocenters. The molecule has 0 aliphatic carbocycles. The van der Waals surface area contributed by atoms with Crippen LogP contribution in [0.15, 0.2) is 60.8 Å². The minimum atomic E-state index is -4.58. The van der Waals surface area contributed by atoms with Crippen molar-refractivity contribution in [2.75, 3.05) is 0 Å². The second-order valence-electron chi connectivity index (χ2n) is 6.88. The SMILES string of the molecule is CC(=O)c1cc(Oc2ccc(CC(=O)Cc3ccc(Cl)c(C(F)(F)F)c3)cc2)ccn1. The molecule has 0 aliphatic heterocycles. The summed E-state index contributed by atoms with van der Waals surface area (Å²) in [5.74, 6) is 0.545. The first-order chi connectivity index (χ1) is 14.6. The van der Waals surface area contributed by atoms with Crippen molar-refractivity contribution < 1.29 is 27.5 Å². The number of aromatic nitrogens is 1. The van der Waals surface area contributed by atoms with Crippen LogP contribution in [-0.4, -0.2) is 16.6 Å². The van der Waals surface area contributed by atoms with Gasteiger partial charge in [-0.05, 0) is 41.5 Å². The van der Waals surface area contributed by atoms with Crippen LogP contribution < -0.4 is 4.74 Å². The summed E-state index contributed by atoms with van der Waals surface area (Å²) < 4.78 is 44.6. The number of hydrogen-bond donors (Lipinski definition) is 0. The summed E-state index contributed by atoms with van der Waals surface area (Å²) in [4.78, 5) is 27.7. The Hall–Kier alpha value is -3.19. The van der Waals surface area contributed by atoms with Crippen molar-refractivity contribution in [2.24, 2.45) is 0 Å². The number of nitrogens with zero attached hydrogens (tertiary/aromatic N) is 1. The molecule has 1 heterocycles. The average Bonchev–Trinajstić information content (AvgIpc) is 2.70. The van der Waals surface area contributed by atoms with Gasteiger partial charge in [-0.25, -0.2) is 0 Å². The highest BCUT2D eigenvalue weighted by Crippen LogP contribution is 2.35. The number of carbonyl (C=O) groups excluding carboxylic acids is 2. The predicted octanol–water partition coefficient (Wildman–Crippen LogP) is 6.10. The molecule has 160 valence electrons. The maximum absolute atomic E-state index is 13.0. The molecule has 0 radical (unpaired) electrons. The molecule has 3 rings (SSSR count). The van der Waals surface area contributed by atoms with Crippen molar-refractivity contribution in [1.29, 1.82) is 0 Å². The van der Waals surface area contributed by atoms with Gasteiger partial charge in [0.2, 0.25) is 0 Å². The Morgan fingerprint density at radius 3 is 2.23 bits per heavy atom. The summed E-state index contributed by atoms with van der Waals surface area (Å²) >= 11 is 5.61. The van der Waals surface area contributed by atoms with Crippen LogP contribution in [-0.2, 0) is 23.8 Å². The maximum atomic E-state index is 13.0. The predicted molar refractivity (Wildman–Crippen MR) is 110 cm³/mol. The lowest BCUT2D eigenvalue weighted by Gasteiger charge is -2.11. The highest BCUT2D eigenvalue weighted by atomic mass is 35.5. The smallest absolute Gasteiger partial charge is 0.417 e. The van der Waals surface area contributed by atoms with E-state index in [2.05, 4.69) is 4.98 Å². The lowest BCUT2D eigenvalue weighted by Crippen LogP contribution is -2.10. The standard InChI is InChI=1S/C23H17ClF3NO3/c1-14(29)22-13-19(8-9-28-22)31-18-5-2-15(3-6-18)10-17(30)11-16-4-7-21(24)20(12-16)23(25,26)27/h2-9,12-13H,10-11H2,1H3. The van der Waals surface area contributed by atoms with Gasteiger partial charge in [0.05, 0.1) is 10.6 Å². The number of pyridine rings is 1. The van der Waals surface area contributed by atoms with Gasteiger partial charge in [-0.3, -0.25) is 14.6 Å². The van der Waals surface area contributed by atoms with Crippen LogP contribution >= 0.6 is 11.6 Å². The number of halogens is 4. The molecule has 0 amide bonds. The molecular weight excluding hydrogens is 431 g/mol. The summed E-state index contributed by atoms with van der Waals surface area (Å²) in [6.45, 7) is 1.41. The summed E-state index contributed by atoms with van der Waals surface area (Å²) in [7, 11) is 0. The van der Waals surface area contributed by atoms with Gasteiger partial charge in [0.1, 0.15) is 23.0 Å². The van der Waals surface area contributed by atoms with Crippen LogP contribution in [0.25, 0.3) is 0 Å². The first-order valence-corrected chi connectivity index (χ1v) is 9.61. The molecule has 0 saturated carbocycles. The monoisotopic (exact) mass is 447 g/mol. The number of Topliss-reactive ketones (excluding diaryl/α,β-unsaturated/α-hetero) is 2. The van der Waals surface area contributed by atoms with E-state index in [1.54, 1.807) is 30.3 Å². The van der Waals surface area contributed by atoms with Crippen LogP contribution in [0.4, 0.5) is 13.2 Å². The minimum Gasteiger partial charge on any atom is -0.457 e. The summed E-state index contributed by atoms with van der Waals surface area (Å²) in [6, 6.07) is 13.3. The van der Waals surface area contributed by atoms with Gasteiger partial charge in [0.25, 0.3) is 0 Å². The van der Waals surface area contributed by atoms with Gasteiger partial charge in [-0.1, -0.05) is 29.8 Å². The maximum Gasteiger partial charge on any atom is 0.417 e. The Labute approximate surface area is 181 Å². The topological polar surface area (TPSA) is 56.3 Å². The van der Waals surface area contributed by atoms with E-state index in [1.165, 1.54) is 25.3 Å². The largest absolute Gasteiger partial charge is 0.457 e. The van der Waals surface area contributed by atoms with Crippen molar-refractivity contribution >= 4 is 23.2 Å². The second-order valence-corrected chi connectivity index (χ2v) is 7.29. The van der Waals surface area contributed by atoms with E-state index >= 15 is 0 Å². The number of ketones is 2. The molecule has 8 heteroatoms. The van der Waals surface area contributed by atoms with Crippen molar-refractivity contribution in [2.45, 2.75) is 25.9 Å². The normalized spacial score (nSPS) is 11.3. The third kappa shape index (κ3) is 6.15. The number of carbonyl (C=O) groups is 2. The first kappa shape index (κ1) is 22.5. The molecule has 4 nitrogen and oxygen atoms in total. The molecule has 3 aromatic rings. The van der Waals surface area contributed by atoms with E-state index in [1.807, 2.05) is 0 Å². The summed E-state index contributed by atoms with van der Waals surface area (Å²) in [6.07, 6.45) is -3.18. The minimum absolute atomic E-state index is 0.0635. The van der Waals surface area contributed by atoms with Crippen LogP contribution in [0.5, 0.6) is 11.5 Å². The van der Waals surface area contributed by atoms with Crippen molar-refractivity contribution in [3.05, 3.63) is 88.2 Å². The zero-order valence-corrected chi connectivity index (χ0v) is 17.1. The fourth-order valence-corrected chi connectivity index (χ4v) is 3.12. The van der Waals surface area contributed by atoms with E-state index in [0.717, 1.165) is 12.1 Å². The fourth-order valence-electron chi connectivity index (χ4n) is 2.90. The molecule has 0 spiro atoms. The van der Waals surface area contributed by atoms with Gasteiger partial charge >= 0.3 is 6.18 Å². The van der Waals surface area contributed by atoms with E-state index in [-0.39, 0.29) is 35.7 Å². The molecule has 31 heavy (non-hydrogen) atoms. The summed E-state index contributed by atoms with van der Waals surface area (Å²) in [5.41, 5.74) is 0.280. The number of benzene rings is 2. The van der Waals surface area contributed by atoms with Crippen LogP contribution in [0, 0.1) is 0 Å². The zero-order valence-electron chi connectivity index (χ0n) is 16.4. The third-order valence-corrected chi connectivity index (χ3v) is 4.72. The van der Waals surface area contributed by atoms with Gasteiger partial charge in [-0.15, -0.1) is 0 Å². The van der Waals surface area contributed by atoms with Crippen LogP contribution in [0.1, 0.15) is 34.1 Å². The second kappa shape index (κ2) is 9.31. The molecule has 2 aromatic carbocycles. The van der Waals surface area contributed by atoms with Crippen molar-refractivity contribution in [1.82, 2.24) is 4.98 Å². The number of ether oxygens (including phenoxy) is 1. The molecule has 0 bridgehead atoms. The van der Waals surface area contributed by atoms with E-state index in [4.69, 9.17) is 16.3 Å². The average molecular weight is 448 g/mol. The molecule has 0 fully saturated rings. The Kier molecular flexibility index (Phi) is 6.75. The molecule has 1 aromatic heterocycles. The van der Waals surface area contributed by atoms with Crippen molar-refractivity contribution in [3.63, 3.8) is 0 Å². The fraction of sp³-hybridized carbons (Fsp3) is 0.174. The Morgan fingerprint density at radius 2 is 1.58 bits per heavy atom. The third-order valence-electron chi connectivity index (χ3n) is 4.39. The van der Waals surface area contributed by atoms with Gasteiger partial charge in [0.15, 0.2) is 5.78 Å². The van der Waals surface area contributed by atoms with Crippen molar-refractivity contribution in [3.8, 4) is 11.5 Å². The molecule has 0 N–H and O–H groups in total. The number of alkyl halides is 3. The molecule has 0 saturated heterocycles. The Bertz CT molecular complexity index is 1110. The van der Waals surface area contributed by atoms with E-state index in [0.29, 0.717) is 17.1 Å². The van der Waals surface area contributed by atoms with E-state index < -0.39 is 16.8 Å². The number of rotatable bonds is 7. The van der Waals surface area contributed by atoms with Gasteiger partial charge in [-0.2, -0.15) is 13.2 Å². The van der Waals surface area contributed by atoms with E-state index in [9.17, 15) is 22.8 Å². The molecular formula is C23H17ClF3NO3. The highest BCUT2D eigenvalue weighted by Gasteiger charge is 2.33. The van der Waals surface area contributed by atoms with Gasteiger partial charge in [0, 0.05) is 32.0 Å². The van der Waals surface area contributed by atoms with Crippen LogP contribution in [0.2, 0.25) is 5.02 Å². The summed E-state index contributed by atoms with van der Waals surface area (Å²) in [5, 5.41) is -0.399. The molecule has 0 aliphatic rings. The number of hydrogen-bond acceptors (Lipinski definition) is 4. The Balaban J connectivity index is 1.63. The van der Waals surface area contributed by atoms with Crippen LogP contribution in [0.3, 0.4) is 0 Å². The lowest BCUT2D eigenvalue weighted by atomic mass is 10.0. The zero-order chi connectivity index (χ0) is 22.6. The van der Waals surface area contributed by atoms with Gasteiger partial charge < -0.3 is 4.74 Å². The molecule has 0 unspecified atom stereocenters. The highest BCUT2D eigenvalue weighted by molar-refractivity contribution is 6.31. The lowest BCUT2D eigenvalue weighted by molar-refractivity contribution is -0.137. The first-order valence-electron chi connectivity index (χ1n) is 9.23.